The normalized spacial score (nSPS) is 18.6. The van der Waals surface area contributed by atoms with Crippen LogP contribution in [-0.4, -0.2) is 17.3 Å². The first kappa shape index (κ1) is 12.2. The Bertz CT molecular complexity index is 404. The molecule has 0 bridgehead atoms. The zero-order chi connectivity index (χ0) is 12.5. The van der Waals surface area contributed by atoms with Crippen molar-refractivity contribution in [1.82, 2.24) is 5.01 Å². The van der Waals surface area contributed by atoms with Gasteiger partial charge in [-0.2, -0.15) is 5.10 Å². The average Bonchev–Trinajstić information content (AvgIpc) is 2.55. The van der Waals surface area contributed by atoms with E-state index in [1.54, 1.807) is 0 Å². The van der Waals surface area contributed by atoms with Gasteiger partial charge >= 0.3 is 0 Å². The van der Waals surface area contributed by atoms with Gasteiger partial charge in [0.05, 0.1) is 6.54 Å². The number of hydrazone groups is 1. The molecule has 0 radical (unpaired) electrons. The van der Waals surface area contributed by atoms with Crippen LogP contribution in [0.4, 0.5) is 0 Å². The van der Waals surface area contributed by atoms with Gasteiger partial charge in [0.2, 0.25) is 0 Å². The molecule has 2 heteroatoms. The predicted molar refractivity (Wildman–Crippen MR) is 72.9 cm³/mol. The van der Waals surface area contributed by atoms with Crippen LogP contribution in [-0.2, 0) is 6.54 Å². The Labute approximate surface area is 104 Å². The highest BCUT2D eigenvalue weighted by atomic mass is 15.5. The fraction of sp³-hybridized carbons (Fsp3) is 0.533. The molecule has 0 unspecified atom stereocenters. The molecule has 0 aromatic heterocycles. The highest BCUT2D eigenvalue weighted by molar-refractivity contribution is 5.92. The van der Waals surface area contributed by atoms with E-state index in [-0.39, 0.29) is 5.41 Å². The van der Waals surface area contributed by atoms with E-state index in [0.29, 0.717) is 5.92 Å². The van der Waals surface area contributed by atoms with Gasteiger partial charge in [0.15, 0.2) is 0 Å². The second kappa shape index (κ2) is 4.52. The van der Waals surface area contributed by atoms with E-state index in [0.717, 1.165) is 13.1 Å². The minimum absolute atomic E-state index is 0.211. The van der Waals surface area contributed by atoms with Gasteiger partial charge in [0.25, 0.3) is 0 Å². The van der Waals surface area contributed by atoms with Gasteiger partial charge in [0.1, 0.15) is 0 Å². The second-order valence-electron chi connectivity index (χ2n) is 5.83. The summed E-state index contributed by atoms with van der Waals surface area (Å²) in [5.41, 5.74) is 2.87. The average molecular weight is 230 g/mol. The van der Waals surface area contributed by atoms with Crippen molar-refractivity contribution in [3.63, 3.8) is 0 Å². The standard InChI is InChI=1S/C15H22N2/c1-12(2)14-15(3,4)11-17(16-14)10-13-8-6-5-7-9-13/h5-9,12H,10-11H2,1-4H3. The monoisotopic (exact) mass is 230 g/mol. The summed E-state index contributed by atoms with van der Waals surface area (Å²) in [5.74, 6) is 0.533. The Morgan fingerprint density at radius 3 is 2.41 bits per heavy atom. The van der Waals surface area contributed by atoms with Crippen molar-refractivity contribution in [2.24, 2.45) is 16.4 Å². The van der Waals surface area contributed by atoms with Gasteiger partial charge in [-0.25, -0.2) is 0 Å². The fourth-order valence-corrected chi connectivity index (χ4v) is 2.64. The molecule has 2 nitrogen and oxygen atoms in total. The van der Waals surface area contributed by atoms with Crippen LogP contribution in [0.15, 0.2) is 35.4 Å². The summed E-state index contributed by atoms with van der Waals surface area (Å²) in [7, 11) is 0. The molecule has 0 saturated heterocycles. The van der Waals surface area contributed by atoms with Crippen molar-refractivity contribution in [3.05, 3.63) is 35.9 Å². The third kappa shape index (κ3) is 2.68. The number of nitrogens with zero attached hydrogens (tertiary/aromatic N) is 2. The lowest BCUT2D eigenvalue weighted by Gasteiger charge is -2.23. The summed E-state index contributed by atoms with van der Waals surface area (Å²) in [6, 6.07) is 10.6. The number of hydrogen-bond acceptors (Lipinski definition) is 2. The van der Waals surface area contributed by atoms with Gasteiger partial charge in [0, 0.05) is 17.7 Å². The first-order chi connectivity index (χ1) is 7.99. The Morgan fingerprint density at radius 1 is 1.24 bits per heavy atom. The van der Waals surface area contributed by atoms with Gasteiger partial charge in [-0.1, -0.05) is 58.0 Å². The van der Waals surface area contributed by atoms with Crippen LogP contribution >= 0.6 is 0 Å². The number of hydrogen-bond donors (Lipinski definition) is 0. The molecular formula is C15H22N2. The molecule has 0 saturated carbocycles. The van der Waals surface area contributed by atoms with Gasteiger partial charge in [-0.3, -0.25) is 5.01 Å². The van der Waals surface area contributed by atoms with Crippen molar-refractivity contribution in [1.29, 1.82) is 0 Å². The molecule has 2 rings (SSSR count). The molecule has 1 aromatic rings. The van der Waals surface area contributed by atoms with Crippen LogP contribution in [0.2, 0.25) is 0 Å². The fourth-order valence-electron chi connectivity index (χ4n) is 2.64. The van der Waals surface area contributed by atoms with Crippen LogP contribution < -0.4 is 0 Å². The van der Waals surface area contributed by atoms with Crippen LogP contribution in [0.5, 0.6) is 0 Å². The molecule has 92 valence electrons. The maximum atomic E-state index is 4.79. The number of benzene rings is 1. The van der Waals surface area contributed by atoms with E-state index in [4.69, 9.17) is 5.10 Å². The minimum Gasteiger partial charge on any atom is -0.292 e. The van der Waals surface area contributed by atoms with Crippen LogP contribution in [0, 0.1) is 11.3 Å². The lowest BCUT2D eigenvalue weighted by atomic mass is 9.82. The molecule has 0 spiro atoms. The van der Waals surface area contributed by atoms with E-state index in [1.165, 1.54) is 11.3 Å². The third-order valence-corrected chi connectivity index (χ3v) is 3.28. The smallest absolute Gasteiger partial charge is 0.0611 e. The lowest BCUT2D eigenvalue weighted by Crippen LogP contribution is -2.29. The quantitative estimate of drug-likeness (QED) is 0.775. The molecular weight excluding hydrogens is 208 g/mol. The molecule has 1 aliphatic heterocycles. The predicted octanol–water partition coefficient (Wildman–Crippen LogP) is 3.54. The molecule has 0 fully saturated rings. The third-order valence-electron chi connectivity index (χ3n) is 3.28. The first-order valence-electron chi connectivity index (χ1n) is 6.37. The summed E-state index contributed by atoms with van der Waals surface area (Å²) in [6.07, 6.45) is 0. The summed E-state index contributed by atoms with van der Waals surface area (Å²) >= 11 is 0. The summed E-state index contributed by atoms with van der Waals surface area (Å²) in [4.78, 5) is 0. The number of rotatable bonds is 3. The summed E-state index contributed by atoms with van der Waals surface area (Å²) in [6.45, 7) is 11.0. The summed E-state index contributed by atoms with van der Waals surface area (Å²) < 4.78 is 0. The van der Waals surface area contributed by atoms with Crippen molar-refractivity contribution in [3.8, 4) is 0 Å². The molecule has 0 atom stereocenters. The largest absolute Gasteiger partial charge is 0.292 e. The molecule has 1 aromatic carbocycles. The van der Waals surface area contributed by atoms with Crippen molar-refractivity contribution in [2.45, 2.75) is 34.2 Å². The molecule has 1 heterocycles. The lowest BCUT2D eigenvalue weighted by molar-refractivity contribution is 0.258. The maximum Gasteiger partial charge on any atom is 0.0611 e. The van der Waals surface area contributed by atoms with E-state index in [1.807, 2.05) is 0 Å². The van der Waals surface area contributed by atoms with Crippen LogP contribution in [0.3, 0.4) is 0 Å². The van der Waals surface area contributed by atoms with Crippen LogP contribution in [0.1, 0.15) is 33.3 Å². The Morgan fingerprint density at radius 2 is 1.88 bits per heavy atom. The van der Waals surface area contributed by atoms with Crippen molar-refractivity contribution in [2.75, 3.05) is 6.54 Å². The molecule has 17 heavy (non-hydrogen) atoms. The van der Waals surface area contributed by atoms with E-state index >= 15 is 0 Å². The Kier molecular flexibility index (Phi) is 3.23. The van der Waals surface area contributed by atoms with Crippen molar-refractivity contribution >= 4 is 5.71 Å². The Balaban J connectivity index is 2.11. The molecule has 0 aliphatic carbocycles. The van der Waals surface area contributed by atoms with E-state index < -0.39 is 0 Å². The first-order valence-corrected chi connectivity index (χ1v) is 6.37. The molecule has 0 amide bonds. The zero-order valence-electron chi connectivity index (χ0n) is 11.3. The molecule has 0 N–H and O–H groups in total. The van der Waals surface area contributed by atoms with E-state index in [2.05, 4.69) is 63.0 Å². The highest BCUT2D eigenvalue weighted by Crippen LogP contribution is 2.31. The summed E-state index contributed by atoms with van der Waals surface area (Å²) in [5, 5.41) is 6.98. The zero-order valence-corrected chi connectivity index (χ0v) is 11.3. The maximum absolute atomic E-state index is 4.79. The highest BCUT2D eigenvalue weighted by Gasteiger charge is 2.35. The van der Waals surface area contributed by atoms with Crippen LogP contribution in [0.25, 0.3) is 0 Å². The Hall–Kier alpha value is -1.31. The van der Waals surface area contributed by atoms with Gasteiger partial charge < -0.3 is 0 Å². The van der Waals surface area contributed by atoms with Crippen molar-refractivity contribution < 1.29 is 0 Å². The molecule has 1 aliphatic rings. The SMILES string of the molecule is CC(C)C1=NN(Cc2ccccc2)CC1(C)C. The topological polar surface area (TPSA) is 15.6 Å². The van der Waals surface area contributed by atoms with Gasteiger partial charge in [-0.05, 0) is 11.5 Å². The minimum atomic E-state index is 0.211. The second-order valence-corrected chi connectivity index (χ2v) is 5.83. The van der Waals surface area contributed by atoms with E-state index in [9.17, 15) is 0 Å². The van der Waals surface area contributed by atoms with Gasteiger partial charge in [-0.15, -0.1) is 0 Å².